The standard InChI is InChI=1S/C12H20N4O3/c1-5-7(2)10(13)11(17)16-12-14-8(18-3)6-9(15-12)19-4/h6-7,10H,5,13H2,1-4H3,(H,14,15,16,17)/t7-,10-/m0/s1. The fourth-order valence-corrected chi connectivity index (χ4v) is 1.37. The smallest absolute Gasteiger partial charge is 0.243 e. The van der Waals surface area contributed by atoms with Crippen molar-refractivity contribution in [3.05, 3.63) is 6.07 Å². The van der Waals surface area contributed by atoms with Crippen molar-refractivity contribution in [1.82, 2.24) is 9.97 Å². The second kappa shape index (κ2) is 6.89. The van der Waals surface area contributed by atoms with Crippen LogP contribution >= 0.6 is 0 Å². The number of amides is 1. The molecule has 0 saturated carbocycles. The number of aromatic nitrogens is 2. The number of nitrogens with two attached hydrogens (primary N) is 1. The van der Waals surface area contributed by atoms with Crippen LogP contribution in [0.2, 0.25) is 0 Å². The quantitative estimate of drug-likeness (QED) is 0.792. The fourth-order valence-electron chi connectivity index (χ4n) is 1.37. The molecule has 2 atom stereocenters. The van der Waals surface area contributed by atoms with Crippen molar-refractivity contribution in [2.75, 3.05) is 19.5 Å². The summed E-state index contributed by atoms with van der Waals surface area (Å²) in [6.07, 6.45) is 0.816. The number of carbonyl (C=O) groups excluding carboxylic acids is 1. The van der Waals surface area contributed by atoms with E-state index in [1.807, 2.05) is 13.8 Å². The number of ether oxygens (including phenoxy) is 2. The topological polar surface area (TPSA) is 99.4 Å². The first-order chi connectivity index (χ1) is 9.01. The summed E-state index contributed by atoms with van der Waals surface area (Å²) in [6.45, 7) is 3.89. The zero-order chi connectivity index (χ0) is 14.4. The van der Waals surface area contributed by atoms with Crippen LogP contribution in [0.5, 0.6) is 11.8 Å². The Labute approximate surface area is 112 Å². The Hall–Kier alpha value is -1.89. The summed E-state index contributed by atoms with van der Waals surface area (Å²) in [7, 11) is 2.94. The molecule has 0 fully saturated rings. The van der Waals surface area contributed by atoms with Crippen LogP contribution in [0, 0.1) is 5.92 Å². The molecule has 1 rings (SSSR count). The van der Waals surface area contributed by atoms with Gasteiger partial charge in [0.25, 0.3) is 0 Å². The third-order valence-corrected chi connectivity index (χ3v) is 2.89. The van der Waals surface area contributed by atoms with Gasteiger partial charge >= 0.3 is 0 Å². The van der Waals surface area contributed by atoms with Crippen molar-refractivity contribution >= 4 is 11.9 Å². The van der Waals surface area contributed by atoms with Gasteiger partial charge in [0, 0.05) is 0 Å². The minimum atomic E-state index is -0.606. The van der Waals surface area contributed by atoms with E-state index in [9.17, 15) is 4.79 Å². The number of anilines is 1. The van der Waals surface area contributed by atoms with Gasteiger partial charge in [0.15, 0.2) is 0 Å². The van der Waals surface area contributed by atoms with Crippen LogP contribution in [0.3, 0.4) is 0 Å². The number of hydrogen-bond donors (Lipinski definition) is 2. The average molecular weight is 268 g/mol. The molecule has 0 aliphatic rings. The van der Waals surface area contributed by atoms with E-state index < -0.39 is 6.04 Å². The maximum absolute atomic E-state index is 11.9. The van der Waals surface area contributed by atoms with Gasteiger partial charge in [-0.1, -0.05) is 20.3 Å². The molecule has 0 aliphatic heterocycles. The van der Waals surface area contributed by atoms with Crippen LogP contribution in [0.25, 0.3) is 0 Å². The van der Waals surface area contributed by atoms with Crippen molar-refractivity contribution in [3.8, 4) is 11.8 Å². The summed E-state index contributed by atoms with van der Waals surface area (Å²) in [6, 6.07) is 0.912. The van der Waals surface area contributed by atoms with Crippen LogP contribution in [0.1, 0.15) is 20.3 Å². The summed E-state index contributed by atoms with van der Waals surface area (Å²) in [5.74, 6) is 0.468. The van der Waals surface area contributed by atoms with E-state index >= 15 is 0 Å². The zero-order valence-electron chi connectivity index (χ0n) is 11.6. The summed E-state index contributed by atoms with van der Waals surface area (Å²) in [4.78, 5) is 19.9. The zero-order valence-corrected chi connectivity index (χ0v) is 11.6. The minimum absolute atomic E-state index is 0.0764. The summed E-state index contributed by atoms with van der Waals surface area (Å²) in [5, 5.41) is 2.56. The SMILES string of the molecule is CC[C@H](C)[C@H](N)C(=O)Nc1nc(OC)cc(OC)n1. The van der Waals surface area contributed by atoms with E-state index in [4.69, 9.17) is 15.2 Å². The van der Waals surface area contributed by atoms with Gasteiger partial charge in [-0.3, -0.25) is 10.1 Å². The predicted octanol–water partition coefficient (Wildman–Crippen LogP) is 0.806. The number of hydrogen-bond acceptors (Lipinski definition) is 6. The molecule has 106 valence electrons. The highest BCUT2D eigenvalue weighted by Crippen LogP contribution is 2.17. The number of carbonyl (C=O) groups is 1. The molecule has 0 aromatic carbocycles. The second-order valence-corrected chi connectivity index (χ2v) is 4.18. The van der Waals surface area contributed by atoms with Crippen LogP contribution in [0.4, 0.5) is 5.95 Å². The molecule has 7 heteroatoms. The maximum atomic E-state index is 11.9. The lowest BCUT2D eigenvalue weighted by Crippen LogP contribution is -2.41. The van der Waals surface area contributed by atoms with Gasteiger partial charge in [-0.05, 0) is 5.92 Å². The van der Waals surface area contributed by atoms with Gasteiger partial charge in [0.05, 0.1) is 26.3 Å². The molecule has 0 aliphatic carbocycles. The van der Waals surface area contributed by atoms with Crippen LogP contribution in [-0.2, 0) is 4.79 Å². The molecule has 1 aromatic heterocycles. The van der Waals surface area contributed by atoms with Crippen molar-refractivity contribution in [3.63, 3.8) is 0 Å². The molecule has 0 bridgehead atoms. The molecule has 0 radical (unpaired) electrons. The van der Waals surface area contributed by atoms with Gasteiger partial charge in [-0.15, -0.1) is 0 Å². The highest BCUT2D eigenvalue weighted by Gasteiger charge is 2.20. The Morgan fingerprint density at radius 1 is 1.37 bits per heavy atom. The van der Waals surface area contributed by atoms with Crippen molar-refractivity contribution in [2.45, 2.75) is 26.3 Å². The third-order valence-electron chi connectivity index (χ3n) is 2.89. The van der Waals surface area contributed by atoms with Crippen LogP contribution in [-0.4, -0.2) is 36.1 Å². The lowest BCUT2D eigenvalue weighted by Gasteiger charge is -2.17. The normalized spacial score (nSPS) is 13.5. The molecule has 19 heavy (non-hydrogen) atoms. The lowest BCUT2D eigenvalue weighted by molar-refractivity contribution is -0.118. The lowest BCUT2D eigenvalue weighted by atomic mass is 10.00. The molecular weight excluding hydrogens is 248 g/mol. The Balaban J connectivity index is 2.84. The number of nitrogens with zero attached hydrogens (tertiary/aromatic N) is 2. The van der Waals surface area contributed by atoms with Crippen molar-refractivity contribution in [1.29, 1.82) is 0 Å². The van der Waals surface area contributed by atoms with Gasteiger partial charge in [0.1, 0.15) is 0 Å². The molecule has 0 spiro atoms. The molecule has 0 saturated heterocycles. The van der Waals surface area contributed by atoms with Crippen LogP contribution < -0.4 is 20.5 Å². The molecule has 1 aromatic rings. The first-order valence-electron chi connectivity index (χ1n) is 6.05. The molecule has 7 nitrogen and oxygen atoms in total. The number of methoxy groups -OCH3 is 2. The van der Waals surface area contributed by atoms with Gasteiger partial charge in [-0.25, -0.2) is 0 Å². The predicted molar refractivity (Wildman–Crippen MR) is 71.2 cm³/mol. The highest BCUT2D eigenvalue weighted by molar-refractivity contribution is 5.93. The Morgan fingerprint density at radius 2 is 1.89 bits per heavy atom. The van der Waals surface area contributed by atoms with Gasteiger partial charge < -0.3 is 15.2 Å². The van der Waals surface area contributed by atoms with E-state index in [0.717, 1.165) is 6.42 Å². The second-order valence-electron chi connectivity index (χ2n) is 4.18. The first kappa shape index (κ1) is 15.2. The van der Waals surface area contributed by atoms with E-state index in [0.29, 0.717) is 11.8 Å². The Morgan fingerprint density at radius 3 is 2.32 bits per heavy atom. The number of nitrogens with one attached hydrogen (secondary N) is 1. The molecule has 3 N–H and O–H groups in total. The Bertz CT molecular complexity index is 417. The van der Waals surface area contributed by atoms with Gasteiger partial charge in [-0.2, -0.15) is 9.97 Å². The van der Waals surface area contributed by atoms with Crippen molar-refractivity contribution < 1.29 is 14.3 Å². The van der Waals surface area contributed by atoms with E-state index in [2.05, 4.69) is 15.3 Å². The van der Waals surface area contributed by atoms with Crippen molar-refractivity contribution in [2.24, 2.45) is 11.7 Å². The highest BCUT2D eigenvalue weighted by atomic mass is 16.5. The fraction of sp³-hybridized carbons (Fsp3) is 0.583. The first-order valence-corrected chi connectivity index (χ1v) is 6.05. The van der Waals surface area contributed by atoms with Crippen LogP contribution in [0.15, 0.2) is 6.07 Å². The molecule has 0 unspecified atom stereocenters. The third kappa shape index (κ3) is 4.06. The Kier molecular flexibility index (Phi) is 5.50. The summed E-state index contributed by atoms with van der Waals surface area (Å²) < 4.78 is 9.99. The average Bonchev–Trinajstić information content (AvgIpc) is 2.44. The molecular formula is C12H20N4O3. The van der Waals surface area contributed by atoms with E-state index in [1.54, 1.807) is 0 Å². The summed E-state index contributed by atoms with van der Waals surface area (Å²) >= 11 is 0. The van der Waals surface area contributed by atoms with E-state index in [-0.39, 0.29) is 17.8 Å². The maximum Gasteiger partial charge on any atom is 0.243 e. The largest absolute Gasteiger partial charge is 0.481 e. The summed E-state index contributed by atoms with van der Waals surface area (Å²) in [5.41, 5.74) is 5.83. The van der Waals surface area contributed by atoms with E-state index in [1.165, 1.54) is 20.3 Å². The van der Waals surface area contributed by atoms with Gasteiger partial charge in [0.2, 0.25) is 23.6 Å². The minimum Gasteiger partial charge on any atom is -0.481 e. The number of rotatable bonds is 6. The molecule has 1 heterocycles. The monoisotopic (exact) mass is 268 g/mol. The molecule has 1 amide bonds.